The molecule has 0 aliphatic heterocycles. The second-order valence-corrected chi connectivity index (χ2v) is 4.27. The predicted molar refractivity (Wildman–Crippen MR) is 72.9 cm³/mol. The number of nitrogens with one attached hydrogen (secondary N) is 1. The monoisotopic (exact) mass is 267 g/mol. The van der Waals surface area contributed by atoms with Crippen LogP contribution < -0.4 is 14.8 Å². The van der Waals surface area contributed by atoms with Gasteiger partial charge >= 0.3 is 0 Å². The van der Waals surface area contributed by atoms with Crippen LogP contribution in [0, 0.1) is 6.92 Å². The number of methoxy groups -OCH3 is 2. The van der Waals surface area contributed by atoms with Gasteiger partial charge in [-0.2, -0.15) is 0 Å². The number of carbonyl (C=O) groups is 1. The number of carbonyl (C=O) groups excluding carboxylic acids is 1. The van der Waals surface area contributed by atoms with Crippen LogP contribution in [0.25, 0.3) is 0 Å². The molecule has 0 aromatic heterocycles. The van der Waals surface area contributed by atoms with Gasteiger partial charge in [0.15, 0.2) is 0 Å². The Hall–Kier alpha value is -1.75. The molecule has 19 heavy (non-hydrogen) atoms. The molecule has 0 saturated heterocycles. The van der Waals surface area contributed by atoms with E-state index in [9.17, 15) is 4.79 Å². The Morgan fingerprint density at radius 1 is 1.32 bits per heavy atom. The summed E-state index contributed by atoms with van der Waals surface area (Å²) in [4.78, 5) is 12.1. The highest BCUT2D eigenvalue weighted by molar-refractivity contribution is 5.95. The summed E-state index contributed by atoms with van der Waals surface area (Å²) in [6.07, 6.45) is 0.669. The molecule has 1 rings (SSSR count). The van der Waals surface area contributed by atoms with Crippen molar-refractivity contribution in [2.24, 2.45) is 0 Å². The van der Waals surface area contributed by atoms with E-state index in [1.807, 2.05) is 13.8 Å². The molecule has 2 N–H and O–H groups in total. The Balaban J connectivity index is 3.03. The molecule has 0 spiro atoms. The standard InChI is InChI=1S/C14H21NO4/c1-5-11(8-16)15-14(17)10-6-12(18-3)9(2)13(7-10)19-4/h6-7,11,16H,5,8H2,1-4H3,(H,15,17)/t11-/m0/s1. The zero-order chi connectivity index (χ0) is 14.4. The van der Waals surface area contributed by atoms with Crippen molar-refractivity contribution in [3.63, 3.8) is 0 Å². The average molecular weight is 267 g/mol. The molecule has 5 nitrogen and oxygen atoms in total. The Labute approximate surface area is 113 Å². The van der Waals surface area contributed by atoms with Crippen molar-refractivity contribution in [1.82, 2.24) is 5.32 Å². The molecule has 1 aromatic carbocycles. The van der Waals surface area contributed by atoms with Gasteiger partial charge in [-0.1, -0.05) is 6.92 Å². The lowest BCUT2D eigenvalue weighted by atomic mass is 10.1. The first-order valence-corrected chi connectivity index (χ1v) is 6.21. The average Bonchev–Trinajstić information content (AvgIpc) is 2.44. The molecule has 0 aliphatic carbocycles. The first-order chi connectivity index (χ1) is 9.07. The van der Waals surface area contributed by atoms with Crippen LogP contribution in [0.2, 0.25) is 0 Å². The van der Waals surface area contributed by atoms with Gasteiger partial charge in [-0.25, -0.2) is 0 Å². The number of ether oxygens (including phenoxy) is 2. The molecule has 5 heteroatoms. The molecule has 0 unspecified atom stereocenters. The van der Waals surface area contributed by atoms with Crippen molar-refractivity contribution >= 4 is 5.91 Å². The SMILES string of the molecule is CC[C@@H](CO)NC(=O)c1cc(OC)c(C)c(OC)c1. The summed E-state index contributed by atoms with van der Waals surface area (Å²) >= 11 is 0. The highest BCUT2D eigenvalue weighted by Gasteiger charge is 2.15. The van der Waals surface area contributed by atoms with Crippen LogP contribution in [0.3, 0.4) is 0 Å². The van der Waals surface area contributed by atoms with Crippen molar-refractivity contribution in [2.45, 2.75) is 26.3 Å². The first-order valence-electron chi connectivity index (χ1n) is 6.21. The number of aliphatic hydroxyl groups excluding tert-OH is 1. The van der Waals surface area contributed by atoms with Crippen molar-refractivity contribution < 1.29 is 19.4 Å². The highest BCUT2D eigenvalue weighted by atomic mass is 16.5. The van der Waals surface area contributed by atoms with Crippen LogP contribution in [0.4, 0.5) is 0 Å². The topological polar surface area (TPSA) is 67.8 Å². The molecule has 1 aromatic rings. The van der Waals surface area contributed by atoms with E-state index in [0.717, 1.165) is 5.56 Å². The molecule has 1 amide bonds. The third-order valence-corrected chi connectivity index (χ3v) is 3.06. The lowest BCUT2D eigenvalue weighted by Crippen LogP contribution is -2.36. The molecule has 0 heterocycles. The molecule has 0 bridgehead atoms. The number of amides is 1. The molecule has 0 radical (unpaired) electrons. The fourth-order valence-corrected chi connectivity index (χ4v) is 1.76. The molecule has 1 atom stereocenters. The summed E-state index contributed by atoms with van der Waals surface area (Å²) in [7, 11) is 3.10. The van der Waals surface area contributed by atoms with E-state index in [0.29, 0.717) is 23.5 Å². The fourth-order valence-electron chi connectivity index (χ4n) is 1.76. The van der Waals surface area contributed by atoms with Gasteiger partial charge in [0.25, 0.3) is 5.91 Å². The zero-order valence-corrected chi connectivity index (χ0v) is 11.8. The van der Waals surface area contributed by atoms with Gasteiger partial charge in [0, 0.05) is 11.1 Å². The maximum atomic E-state index is 12.1. The summed E-state index contributed by atoms with van der Waals surface area (Å²) in [5.74, 6) is 0.945. The van der Waals surface area contributed by atoms with E-state index in [1.165, 1.54) is 0 Å². The predicted octanol–water partition coefficient (Wildman–Crippen LogP) is 1.51. The van der Waals surface area contributed by atoms with Crippen molar-refractivity contribution in [2.75, 3.05) is 20.8 Å². The normalized spacial score (nSPS) is 11.8. The molecule has 0 fully saturated rings. The van der Waals surface area contributed by atoms with E-state index in [1.54, 1.807) is 26.4 Å². The van der Waals surface area contributed by atoms with Crippen molar-refractivity contribution in [3.8, 4) is 11.5 Å². The van der Waals surface area contributed by atoms with Crippen molar-refractivity contribution in [1.29, 1.82) is 0 Å². The third kappa shape index (κ3) is 3.61. The first kappa shape index (κ1) is 15.3. The lowest BCUT2D eigenvalue weighted by Gasteiger charge is -2.16. The minimum absolute atomic E-state index is 0.0810. The Bertz CT molecular complexity index is 416. The van der Waals surface area contributed by atoms with Crippen LogP contribution in [0.5, 0.6) is 11.5 Å². The van der Waals surface area contributed by atoms with Crippen LogP contribution in [0.15, 0.2) is 12.1 Å². The third-order valence-electron chi connectivity index (χ3n) is 3.06. The second-order valence-electron chi connectivity index (χ2n) is 4.27. The van der Waals surface area contributed by atoms with E-state index in [2.05, 4.69) is 5.32 Å². The highest BCUT2D eigenvalue weighted by Crippen LogP contribution is 2.29. The van der Waals surface area contributed by atoms with E-state index in [4.69, 9.17) is 14.6 Å². The smallest absolute Gasteiger partial charge is 0.251 e. The summed E-state index contributed by atoms with van der Waals surface area (Å²) in [6, 6.07) is 3.08. The summed E-state index contributed by atoms with van der Waals surface area (Å²) < 4.78 is 10.5. The van der Waals surface area contributed by atoms with Crippen LogP contribution >= 0.6 is 0 Å². The number of benzene rings is 1. The number of rotatable bonds is 6. The van der Waals surface area contributed by atoms with E-state index < -0.39 is 0 Å². The Kier molecular flexibility index (Phi) is 5.63. The van der Waals surface area contributed by atoms with Crippen LogP contribution in [-0.2, 0) is 0 Å². The Morgan fingerprint density at radius 2 is 1.84 bits per heavy atom. The molecule has 0 saturated carbocycles. The number of hydrogen-bond donors (Lipinski definition) is 2. The quantitative estimate of drug-likeness (QED) is 0.820. The number of hydrogen-bond acceptors (Lipinski definition) is 4. The minimum Gasteiger partial charge on any atom is -0.496 e. The molecular formula is C14H21NO4. The van der Waals surface area contributed by atoms with Gasteiger partial charge in [0.1, 0.15) is 11.5 Å². The van der Waals surface area contributed by atoms with Gasteiger partial charge in [0.05, 0.1) is 26.9 Å². The zero-order valence-electron chi connectivity index (χ0n) is 11.8. The lowest BCUT2D eigenvalue weighted by molar-refractivity contribution is 0.0914. The fraction of sp³-hybridized carbons (Fsp3) is 0.500. The van der Waals surface area contributed by atoms with Crippen molar-refractivity contribution in [3.05, 3.63) is 23.3 Å². The summed E-state index contributed by atoms with van der Waals surface area (Å²) in [6.45, 7) is 3.68. The van der Waals surface area contributed by atoms with Gasteiger partial charge in [-0.3, -0.25) is 4.79 Å². The molecular weight excluding hydrogens is 246 g/mol. The van der Waals surface area contributed by atoms with Gasteiger partial charge in [0.2, 0.25) is 0 Å². The minimum atomic E-state index is -0.252. The maximum absolute atomic E-state index is 12.1. The molecule has 0 aliphatic rings. The Morgan fingerprint density at radius 3 is 2.21 bits per heavy atom. The van der Waals surface area contributed by atoms with Gasteiger partial charge < -0.3 is 19.9 Å². The van der Waals surface area contributed by atoms with Crippen LogP contribution in [-0.4, -0.2) is 37.9 Å². The van der Waals surface area contributed by atoms with Gasteiger partial charge in [-0.05, 0) is 25.5 Å². The van der Waals surface area contributed by atoms with Gasteiger partial charge in [-0.15, -0.1) is 0 Å². The van der Waals surface area contributed by atoms with Crippen LogP contribution in [0.1, 0.15) is 29.3 Å². The molecule has 106 valence electrons. The summed E-state index contributed by atoms with van der Waals surface area (Å²) in [5, 5.41) is 11.9. The second kappa shape index (κ2) is 6.99. The summed E-state index contributed by atoms with van der Waals surface area (Å²) in [5.41, 5.74) is 1.29. The largest absolute Gasteiger partial charge is 0.496 e. The van der Waals surface area contributed by atoms with E-state index >= 15 is 0 Å². The maximum Gasteiger partial charge on any atom is 0.251 e. The van der Waals surface area contributed by atoms with E-state index in [-0.39, 0.29) is 18.6 Å². The number of aliphatic hydroxyl groups is 1.